The molecule has 0 aliphatic rings. The molecule has 21 heavy (non-hydrogen) atoms. The maximum Gasteiger partial charge on any atom is 0.328 e. The van der Waals surface area contributed by atoms with Gasteiger partial charge in [-0.3, -0.25) is 18.9 Å². The number of carbonyl (C=O) groups excluding carboxylic acids is 1. The summed E-state index contributed by atoms with van der Waals surface area (Å²) >= 11 is 0. The maximum absolute atomic E-state index is 12.1. The van der Waals surface area contributed by atoms with Crippen LogP contribution in [0.1, 0.15) is 10.4 Å². The predicted octanol–water partition coefficient (Wildman–Crippen LogP) is 1.52. The summed E-state index contributed by atoms with van der Waals surface area (Å²) in [5.41, 5.74) is 2.62. The fourth-order valence-electron chi connectivity index (χ4n) is 2.28. The van der Waals surface area contributed by atoms with E-state index >= 15 is 0 Å². The second kappa shape index (κ2) is 4.90. The third-order valence-electron chi connectivity index (χ3n) is 3.45. The molecule has 0 spiro atoms. The lowest BCUT2D eigenvalue weighted by atomic mass is 10.2. The van der Waals surface area contributed by atoms with E-state index in [-0.39, 0.29) is 11.6 Å². The molecule has 0 aliphatic heterocycles. The van der Waals surface area contributed by atoms with Crippen molar-refractivity contribution in [3.63, 3.8) is 0 Å². The van der Waals surface area contributed by atoms with Gasteiger partial charge in [0.1, 0.15) is 0 Å². The zero-order chi connectivity index (χ0) is 15.0. The van der Waals surface area contributed by atoms with Crippen LogP contribution in [0.15, 0.2) is 47.5 Å². The number of nitrogens with zero attached hydrogens (tertiary/aromatic N) is 3. The number of amides is 1. The van der Waals surface area contributed by atoms with Gasteiger partial charge in [0.05, 0.1) is 16.6 Å². The molecule has 0 saturated carbocycles. The highest BCUT2D eigenvalue weighted by molar-refractivity contribution is 6.04. The molecule has 6 nitrogen and oxygen atoms in total. The van der Waals surface area contributed by atoms with E-state index < -0.39 is 0 Å². The Hall–Kier alpha value is -2.89. The van der Waals surface area contributed by atoms with E-state index in [4.69, 9.17) is 0 Å². The number of hydrogen-bond acceptors (Lipinski definition) is 3. The quantitative estimate of drug-likeness (QED) is 0.775. The summed E-state index contributed by atoms with van der Waals surface area (Å²) in [6.07, 6.45) is 3.12. The van der Waals surface area contributed by atoms with Crippen molar-refractivity contribution in [2.24, 2.45) is 14.1 Å². The van der Waals surface area contributed by atoms with Crippen LogP contribution >= 0.6 is 0 Å². The van der Waals surface area contributed by atoms with Gasteiger partial charge in [0.2, 0.25) is 0 Å². The number of benzene rings is 1. The average molecular weight is 282 g/mol. The van der Waals surface area contributed by atoms with Crippen LogP contribution in [-0.4, -0.2) is 20.0 Å². The molecule has 0 aliphatic carbocycles. The summed E-state index contributed by atoms with van der Waals surface area (Å²) in [5, 5.41) is 2.80. The molecular formula is C15H14N4O2. The second-order valence-electron chi connectivity index (χ2n) is 4.80. The number of carbonyl (C=O) groups is 1. The topological polar surface area (TPSA) is 68.9 Å². The number of nitrogens with one attached hydrogen (secondary N) is 1. The molecule has 6 heteroatoms. The van der Waals surface area contributed by atoms with Crippen LogP contribution in [-0.2, 0) is 14.1 Å². The van der Waals surface area contributed by atoms with Gasteiger partial charge in [-0.15, -0.1) is 0 Å². The van der Waals surface area contributed by atoms with E-state index in [2.05, 4.69) is 10.3 Å². The van der Waals surface area contributed by atoms with E-state index in [1.165, 1.54) is 6.20 Å². The van der Waals surface area contributed by atoms with Gasteiger partial charge < -0.3 is 5.32 Å². The first-order valence-corrected chi connectivity index (χ1v) is 6.45. The lowest BCUT2D eigenvalue weighted by Crippen LogP contribution is -2.19. The Morgan fingerprint density at radius 1 is 1.14 bits per heavy atom. The van der Waals surface area contributed by atoms with Crippen LogP contribution in [0.2, 0.25) is 0 Å². The van der Waals surface area contributed by atoms with Crippen molar-refractivity contribution < 1.29 is 4.79 Å². The van der Waals surface area contributed by atoms with Crippen LogP contribution in [0.25, 0.3) is 11.0 Å². The summed E-state index contributed by atoms with van der Waals surface area (Å²) in [6.45, 7) is 0. The van der Waals surface area contributed by atoms with Gasteiger partial charge in [-0.25, -0.2) is 4.79 Å². The zero-order valence-electron chi connectivity index (χ0n) is 11.7. The average Bonchev–Trinajstić information content (AvgIpc) is 2.73. The number of anilines is 1. The molecule has 0 unspecified atom stereocenters. The lowest BCUT2D eigenvalue weighted by Gasteiger charge is -2.05. The molecular weight excluding hydrogens is 268 g/mol. The first-order valence-electron chi connectivity index (χ1n) is 6.45. The van der Waals surface area contributed by atoms with Crippen LogP contribution < -0.4 is 11.0 Å². The van der Waals surface area contributed by atoms with Crippen molar-refractivity contribution in [3.8, 4) is 0 Å². The zero-order valence-corrected chi connectivity index (χ0v) is 11.7. The molecule has 0 radical (unpaired) electrons. The number of pyridine rings is 1. The molecule has 2 heterocycles. The van der Waals surface area contributed by atoms with Crippen molar-refractivity contribution in [1.82, 2.24) is 14.1 Å². The molecule has 0 bridgehead atoms. The van der Waals surface area contributed by atoms with E-state index in [1.807, 2.05) is 6.07 Å². The summed E-state index contributed by atoms with van der Waals surface area (Å²) in [7, 11) is 3.43. The Labute approximate surface area is 120 Å². The van der Waals surface area contributed by atoms with Gasteiger partial charge in [0.25, 0.3) is 5.91 Å². The third-order valence-corrected chi connectivity index (χ3v) is 3.45. The molecule has 0 atom stereocenters. The SMILES string of the molecule is Cn1c(=O)n(C)c2cc(NC(=O)c3cccnc3)ccc21. The van der Waals surface area contributed by atoms with Crippen LogP contribution in [0.4, 0.5) is 5.69 Å². The monoisotopic (exact) mass is 282 g/mol. The van der Waals surface area contributed by atoms with Crippen molar-refractivity contribution in [2.75, 3.05) is 5.32 Å². The minimum Gasteiger partial charge on any atom is -0.322 e. The lowest BCUT2D eigenvalue weighted by molar-refractivity contribution is 0.102. The minimum absolute atomic E-state index is 0.0965. The molecule has 2 aromatic heterocycles. The van der Waals surface area contributed by atoms with Gasteiger partial charge in [-0.2, -0.15) is 0 Å². The van der Waals surface area contributed by atoms with E-state index in [0.717, 1.165) is 11.0 Å². The highest BCUT2D eigenvalue weighted by Gasteiger charge is 2.10. The molecule has 0 fully saturated rings. The van der Waals surface area contributed by atoms with E-state index in [0.29, 0.717) is 11.3 Å². The van der Waals surface area contributed by atoms with Crippen molar-refractivity contribution in [1.29, 1.82) is 0 Å². The first-order chi connectivity index (χ1) is 10.1. The molecule has 1 aromatic carbocycles. The van der Waals surface area contributed by atoms with Crippen LogP contribution in [0.3, 0.4) is 0 Å². The van der Waals surface area contributed by atoms with Crippen molar-refractivity contribution >= 4 is 22.6 Å². The predicted molar refractivity (Wildman–Crippen MR) is 80.4 cm³/mol. The standard InChI is InChI=1S/C15H14N4O2/c1-18-12-6-5-11(8-13(12)19(2)15(18)21)17-14(20)10-4-3-7-16-9-10/h3-9H,1-2H3,(H,17,20). The summed E-state index contributed by atoms with van der Waals surface area (Å²) < 4.78 is 3.12. The molecule has 0 saturated heterocycles. The number of aromatic nitrogens is 3. The van der Waals surface area contributed by atoms with Crippen molar-refractivity contribution in [3.05, 3.63) is 58.8 Å². The van der Waals surface area contributed by atoms with Gasteiger partial charge >= 0.3 is 5.69 Å². The van der Waals surface area contributed by atoms with E-state index in [1.54, 1.807) is 53.7 Å². The van der Waals surface area contributed by atoms with Crippen LogP contribution in [0, 0.1) is 0 Å². The maximum atomic E-state index is 12.1. The van der Waals surface area contributed by atoms with E-state index in [9.17, 15) is 9.59 Å². The Morgan fingerprint density at radius 2 is 1.90 bits per heavy atom. The normalized spacial score (nSPS) is 10.8. The fourth-order valence-corrected chi connectivity index (χ4v) is 2.28. The Morgan fingerprint density at radius 3 is 2.62 bits per heavy atom. The largest absolute Gasteiger partial charge is 0.328 e. The minimum atomic E-state index is -0.233. The smallest absolute Gasteiger partial charge is 0.322 e. The van der Waals surface area contributed by atoms with Gasteiger partial charge in [0.15, 0.2) is 0 Å². The Kier molecular flexibility index (Phi) is 3.06. The molecule has 1 N–H and O–H groups in total. The number of rotatable bonds is 2. The highest BCUT2D eigenvalue weighted by Crippen LogP contribution is 2.18. The Bertz CT molecular complexity index is 878. The first kappa shape index (κ1) is 13.1. The summed E-state index contributed by atoms with van der Waals surface area (Å²) in [5.74, 6) is -0.233. The van der Waals surface area contributed by atoms with Gasteiger partial charge in [-0.1, -0.05) is 0 Å². The fraction of sp³-hybridized carbons (Fsp3) is 0.133. The van der Waals surface area contributed by atoms with Gasteiger partial charge in [0, 0.05) is 32.2 Å². The molecule has 106 valence electrons. The number of fused-ring (bicyclic) bond motifs is 1. The number of hydrogen-bond donors (Lipinski definition) is 1. The summed E-state index contributed by atoms with van der Waals surface area (Å²) in [6, 6.07) is 8.77. The second-order valence-corrected chi connectivity index (χ2v) is 4.80. The summed E-state index contributed by atoms with van der Waals surface area (Å²) in [4.78, 5) is 27.9. The van der Waals surface area contributed by atoms with Crippen molar-refractivity contribution in [2.45, 2.75) is 0 Å². The molecule has 3 rings (SSSR count). The van der Waals surface area contributed by atoms with Crippen LogP contribution in [0.5, 0.6) is 0 Å². The molecule has 3 aromatic rings. The number of aryl methyl sites for hydroxylation is 2. The van der Waals surface area contributed by atoms with Gasteiger partial charge in [-0.05, 0) is 30.3 Å². The third kappa shape index (κ3) is 2.20. The highest BCUT2D eigenvalue weighted by atomic mass is 16.2. The number of imidazole rings is 1. The molecule has 1 amide bonds. The Balaban J connectivity index is 1.97.